The highest BCUT2D eigenvalue weighted by Crippen LogP contribution is 2.48. The first-order chi connectivity index (χ1) is 6.48. The third-order valence-electron chi connectivity index (χ3n) is 3.38. The standard InChI is InChI=1S/C10H15NO3/c1-10(14-9(11)13)4-6-2-8(12)3-7(6)5-10/h6-7H,2-5H2,1H3,(H2,11,13)/t6-,7+,10?. The lowest BCUT2D eigenvalue weighted by atomic mass is 10.0. The molecule has 2 aliphatic carbocycles. The van der Waals surface area contributed by atoms with Crippen molar-refractivity contribution in [2.24, 2.45) is 17.6 Å². The van der Waals surface area contributed by atoms with Crippen molar-refractivity contribution < 1.29 is 14.3 Å². The van der Waals surface area contributed by atoms with E-state index in [2.05, 4.69) is 0 Å². The quantitative estimate of drug-likeness (QED) is 0.687. The van der Waals surface area contributed by atoms with Crippen molar-refractivity contribution >= 4 is 11.9 Å². The number of hydrogen-bond donors (Lipinski definition) is 1. The van der Waals surface area contributed by atoms with Crippen molar-refractivity contribution in [3.05, 3.63) is 0 Å². The van der Waals surface area contributed by atoms with Crippen LogP contribution >= 0.6 is 0 Å². The van der Waals surface area contributed by atoms with Gasteiger partial charge in [0.1, 0.15) is 11.4 Å². The van der Waals surface area contributed by atoms with Crippen LogP contribution in [0.25, 0.3) is 0 Å². The zero-order valence-electron chi connectivity index (χ0n) is 8.29. The van der Waals surface area contributed by atoms with Crippen molar-refractivity contribution in [3.63, 3.8) is 0 Å². The fourth-order valence-corrected chi connectivity index (χ4v) is 3.00. The van der Waals surface area contributed by atoms with Gasteiger partial charge in [-0.25, -0.2) is 4.79 Å². The maximum Gasteiger partial charge on any atom is 0.405 e. The minimum atomic E-state index is -0.709. The Bertz CT molecular complexity index is 271. The lowest BCUT2D eigenvalue weighted by Crippen LogP contribution is -2.32. The number of primary amides is 1. The highest BCUT2D eigenvalue weighted by atomic mass is 16.6. The number of hydrogen-bond acceptors (Lipinski definition) is 3. The summed E-state index contributed by atoms with van der Waals surface area (Å²) in [6.45, 7) is 1.90. The Balaban J connectivity index is 2.02. The molecule has 4 heteroatoms. The molecule has 2 saturated carbocycles. The van der Waals surface area contributed by atoms with Gasteiger partial charge >= 0.3 is 6.09 Å². The lowest BCUT2D eigenvalue weighted by Gasteiger charge is -2.23. The number of amides is 1. The number of carbonyl (C=O) groups is 2. The molecule has 0 aromatic rings. The average Bonchev–Trinajstić information content (AvgIpc) is 2.38. The number of ketones is 1. The predicted molar refractivity (Wildman–Crippen MR) is 49.5 cm³/mol. The maximum absolute atomic E-state index is 11.2. The van der Waals surface area contributed by atoms with Gasteiger partial charge < -0.3 is 10.5 Å². The number of fused-ring (bicyclic) bond motifs is 1. The van der Waals surface area contributed by atoms with Gasteiger partial charge in [0.15, 0.2) is 0 Å². The third-order valence-corrected chi connectivity index (χ3v) is 3.38. The van der Waals surface area contributed by atoms with Crippen molar-refractivity contribution in [2.45, 2.75) is 38.2 Å². The normalized spacial score (nSPS) is 41.1. The van der Waals surface area contributed by atoms with Gasteiger partial charge in [0.05, 0.1) is 0 Å². The number of nitrogens with two attached hydrogens (primary N) is 1. The second-order valence-corrected chi connectivity index (χ2v) is 4.75. The van der Waals surface area contributed by atoms with Crippen molar-refractivity contribution in [1.29, 1.82) is 0 Å². The second kappa shape index (κ2) is 2.97. The summed E-state index contributed by atoms with van der Waals surface area (Å²) in [4.78, 5) is 21.8. The molecule has 1 amide bonds. The molecule has 2 rings (SSSR count). The van der Waals surface area contributed by atoms with Crippen molar-refractivity contribution in [3.8, 4) is 0 Å². The van der Waals surface area contributed by atoms with E-state index in [0.717, 1.165) is 12.8 Å². The molecule has 3 atom stereocenters. The van der Waals surface area contributed by atoms with Gasteiger partial charge in [-0.05, 0) is 31.6 Å². The molecule has 0 spiro atoms. The van der Waals surface area contributed by atoms with E-state index < -0.39 is 11.7 Å². The van der Waals surface area contributed by atoms with Gasteiger partial charge in [-0.15, -0.1) is 0 Å². The Hall–Kier alpha value is -1.06. The van der Waals surface area contributed by atoms with Gasteiger partial charge in [0, 0.05) is 12.8 Å². The Kier molecular flexibility index (Phi) is 2.01. The van der Waals surface area contributed by atoms with E-state index in [1.54, 1.807) is 0 Å². The molecule has 0 saturated heterocycles. The summed E-state index contributed by atoms with van der Waals surface area (Å²) in [6, 6.07) is 0. The van der Waals surface area contributed by atoms with Crippen molar-refractivity contribution in [1.82, 2.24) is 0 Å². The molecular formula is C10H15NO3. The van der Waals surface area contributed by atoms with Crippen LogP contribution in [0.15, 0.2) is 0 Å². The van der Waals surface area contributed by atoms with E-state index in [9.17, 15) is 9.59 Å². The maximum atomic E-state index is 11.2. The van der Waals surface area contributed by atoms with E-state index in [1.165, 1.54) is 0 Å². The van der Waals surface area contributed by atoms with Crippen LogP contribution in [0.3, 0.4) is 0 Å². The topological polar surface area (TPSA) is 69.4 Å². The Morgan fingerprint density at radius 1 is 1.43 bits per heavy atom. The molecule has 2 aliphatic rings. The fourth-order valence-electron chi connectivity index (χ4n) is 3.00. The number of Topliss-reactive ketones (excluding diaryl/α,β-unsaturated/α-hetero) is 1. The van der Waals surface area contributed by atoms with Gasteiger partial charge in [0.2, 0.25) is 0 Å². The van der Waals surface area contributed by atoms with Crippen LogP contribution in [0.5, 0.6) is 0 Å². The summed E-state index contributed by atoms with van der Waals surface area (Å²) in [5.41, 5.74) is 4.58. The Morgan fingerprint density at radius 3 is 2.36 bits per heavy atom. The number of ether oxygens (including phenoxy) is 1. The largest absolute Gasteiger partial charge is 0.443 e. The van der Waals surface area contributed by atoms with Gasteiger partial charge in [0.25, 0.3) is 0 Å². The van der Waals surface area contributed by atoms with Gasteiger partial charge in [-0.3, -0.25) is 4.79 Å². The molecule has 0 radical (unpaired) electrons. The van der Waals surface area contributed by atoms with E-state index in [-0.39, 0.29) is 0 Å². The molecule has 0 aliphatic heterocycles. The van der Waals surface area contributed by atoms with Gasteiger partial charge in [-0.2, -0.15) is 0 Å². The van der Waals surface area contributed by atoms with Crippen LogP contribution in [0.1, 0.15) is 32.6 Å². The van der Waals surface area contributed by atoms with E-state index in [0.29, 0.717) is 30.5 Å². The highest BCUT2D eigenvalue weighted by Gasteiger charge is 2.48. The minimum Gasteiger partial charge on any atom is -0.443 e. The zero-order chi connectivity index (χ0) is 10.3. The predicted octanol–water partition coefficient (Wildman–Crippen LogP) is 1.23. The van der Waals surface area contributed by atoms with Crippen LogP contribution in [0.4, 0.5) is 4.79 Å². The van der Waals surface area contributed by atoms with E-state index in [4.69, 9.17) is 10.5 Å². The first-order valence-corrected chi connectivity index (χ1v) is 4.99. The summed E-state index contributed by atoms with van der Waals surface area (Å²) >= 11 is 0. The molecule has 0 aromatic heterocycles. The number of carbonyl (C=O) groups excluding carboxylic acids is 2. The summed E-state index contributed by atoms with van der Waals surface area (Å²) in [5.74, 6) is 1.17. The third kappa shape index (κ3) is 1.61. The average molecular weight is 197 g/mol. The van der Waals surface area contributed by atoms with Gasteiger partial charge in [-0.1, -0.05) is 0 Å². The molecule has 78 valence electrons. The first-order valence-electron chi connectivity index (χ1n) is 4.99. The molecule has 14 heavy (non-hydrogen) atoms. The SMILES string of the molecule is CC1(OC(N)=O)C[C@H]2CC(=O)C[C@H]2C1. The first kappa shape index (κ1) is 9.49. The molecule has 0 heterocycles. The monoisotopic (exact) mass is 197 g/mol. The molecule has 2 N–H and O–H groups in total. The molecule has 0 aromatic carbocycles. The zero-order valence-corrected chi connectivity index (χ0v) is 8.29. The molecular weight excluding hydrogens is 182 g/mol. The molecule has 0 bridgehead atoms. The highest BCUT2D eigenvalue weighted by molar-refractivity contribution is 5.81. The fraction of sp³-hybridized carbons (Fsp3) is 0.800. The molecule has 4 nitrogen and oxygen atoms in total. The van der Waals surface area contributed by atoms with Crippen LogP contribution < -0.4 is 5.73 Å². The van der Waals surface area contributed by atoms with E-state index >= 15 is 0 Å². The van der Waals surface area contributed by atoms with Crippen molar-refractivity contribution in [2.75, 3.05) is 0 Å². The van der Waals surface area contributed by atoms with Crippen LogP contribution in [0, 0.1) is 11.8 Å². The van der Waals surface area contributed by atoms with Crippen LogP contribution in [0.2, 0.25) is 0 Å². The summed E-state index contributed by atoms with van der Waals surface area (Å²) in [5, 5.41) is 0. The summed E-state index contributed by atoms with van der Waals surface area (Å²) in [6.07, 6.45) is 2.17. The Morgan fingerprint density at radius 2 is 1.93 bits per heavy atom. The minimum absolute atomic E-state index is 0.348. The molecule has 2 fully saturated rings. The smallest absolute Gasteiger partial charge is 0.405 e. The molecule has 1 unspecified atom stereocenters. The summed E-state index contributed by atoms with van der Waals surface area (Å²) < 4.78 is 5.10. The second-order valence-electron chi connectivity index (χ2n) is 4.75. The van der Waals surface area contributed by atoms with Crippen LogP contribution in [-0.4, -0.2) is 17.5 Å². The van der Waals surface area contributed by atoms with E-state index in [1.807, 2.05) is 6.92 Å². The summed E-state index contributed by atoms with van der Waals surface area (Å²) in [7, 11) is 0. The van der Waals surface area contributed by atoms with Crippen LogP contribution in [-0.2, 0) is 9.53 Å². The Labute approximate surface area is 82.8 Å². The number of rotatable bonds is 1. The lowest BCUT2D eigenvalue weighted by molar-refractivity contribution is -0.118.